The van der Waals surface area contributed by atoms with Crippen molar-refractivity contribution in [1.82, 2.24) is 19.8 Å². The topological polar surface area (TPSA) is 69.1 Å². The second-order valence-electron chi connectivity index (χ2n) is 4.14. The molecule has 0 spiro atoms. The lowest BCUT2D eigenvalue weighted by molar-refractivity contribution is 0.838. The second-order valence-corrected chi connectivity index (χ2v) is 5.10. The maximum atomic E-state index is 5.82. The van der Waals surface area contributed by atoms with Crippen LogP contribution in [0.5, 0.6) is 0 Å². The summed E-state index contributed by atoms with van der Waals surface area (Å²) < 4.78 is 1.81. The molecule has 0 atom stereocenters. The molecule has 0 bridgehead atoms. The quantitative estimate of drug-likeness (QED) is 0.717. The molecule has 3 rings (SSSR count). The van der Waals surface area contributed by atoms with Crippen molar-refractivity contribution < 1.29 is 0 Å². The number of aromatic nitrogens is 4. The fourth-order valence-corrected chi connectivity index (χ4v) is 2.66. The van der Waals surface area contributed by atoms with Gasteiger partial charge in [0.25, 0.3) is 0 Å². The number of nitrogen functional groups attached to an aromatic ring is 1. The molecule has 1 aromatic carbocycles. The monoisotopic (exact) mass is 259 g/mol. The Morgan fingerprint density at radius 1 is 1.33 bits per heavy atom. The Morgan fingerprint density at radius 3 is 2.89 bits per heavy atom. The molecule has 18 heavy (non-hydrogen) atoms. The van der Waals surface area contributed by atoms with Crippen molar-refractivity contribution in [2.45, 2.75) is 20.3 Å². The summed E-state index contributed by atoms with van der Waals surface area (Å²) in [7, 11) is 0. The van der Waals surface area contributed by atoms with Gasteiger partial charge < -0.3 is 5.73 Å². The summed E-state index contributed by atoms with van der Waals surface area (Å²) in [6, 6.07) is 5.94. The van der Waals surface area contributed by atoms with Crippen LogP contribution in [0.2, 0.25) is 0 Å². The molecule has 2 aromatic heterocycles. The van der Waals surface area contributed by atoms with E-state index in [-0.39, 0.29) is 0 Å². The third-order valence-electron chi connectivity index (χ3n) is 2.89. The number of nitrogens with two attached hydrogens (primary N) is 1. The van der Waals surface area contributed by atoms with E-state index in [0.717, 1.165) is 39.0 Å². The van der Waals surface area contributed by atoms with Gasteiger partial charge in [-0.05, 0) is 30.7 Å². The van der Waals surface area contributed by atoms with Gasteiger partial charge in [0.1, 0.15) is 5.01 Å². The summed E-state index contributed by atoms with van der Waals surface area (Å²) in [5.41, 5.74) is 8.76. The number of hydrogen-bond donors (Lipinski definition) is 1. The number of anilines is 1. The minimum Gasteiger partial charge on any atom is -0.399 e. The highest BCUT2D eigenvalue weighted by atomic mass is 32.1. The minimum atomic E-state index is 0.802. The van der Waals surface area contributed by atoms with Gasteiger partial charge in [-0.15, -0.1) is 10.2 Å². The molecule has 0 aliphatic carbocycles. The van der Waals surface area contributed by atoms with Crippen LogP contribution in [0.25, 0.3) is 15.5 Å². The highest BCUT2D eigenvalue weighted by Crippen LogP contribution is 2.27. The van der Waals surface area contributed by atoms with Gasteiger partial charge in [-0.25, -0.2) is 0 Å². The molecule has 0 saturated heterocycles. The zero-order valence-electron chi connectivity index (χ0n) is 10.2. The fraction of sp³-hybridized carbons (Fsp3) is 0.250. The van der Waals surface area contributed by atoms with Gasteiger partial charge in [-0.2, -0.15) is 9.61 Å². The molecule has 6 heteroatoms. The number of benzene rings is 1. The van der Waals surface area contributed by atoms with E-state index in [0.29, 0.717) is 0 Å². The van der Waals surface area contributed by atoms with E-state index in [1.807, 2.05) is 36.6 Å². The van der Waals surface area contributed by atoms with Crippen LogP contribution in [0.15, 0.2) is 18.2 Å². The van der Waals surface area contributed by atoms with Crippen LogP contribution in [-0.2, 0) is 6.42 Å². The predicted octanol–water partition coefficient (Wildman–Crippen LogP) is 2.31. The van der Waals surface area contributed by atoms with Crippen LogP contribution in [0.3, 0.4) is 0 Å². The van der Waals surface area contributed by atoms with Crippen LogP contribution in [0.4, 0.5) is 5.69 Å². The van der Waals surface area contributed by atoms with Crippen LogP contribution in [0.1, 0.15) is 18.3 Å². The molecule has 0 radical (unpaired) electrons. The normalized spacial score (nSPS) is 11.2. The molecule has 3 aromatic rings. The molecule has 2 heterocycles. The standard InChI is InChI=1S/C12H13N5S/c1-3-10-14-15-12-17(10)16-11(18-12)8-4-5-9(13)7(2)6-8/h4-6H,3,13H2,1-2H3. The van der Waals surface area contributed by atoms with Crippen molar-refractivity contribution >= 4 is 22.0 Å². The smallest absolute Gasteiger partial charge is 0.234 e. The fourth-order valence-electron chi connectivity index (χ4n) is 1.80. The van der Waals surface area contributed by atoms with Crippen molar-refractivity contribution in [2.24, 2.45) is 0 Å². The van der Waals surface area contributed by atoms with E-state index in [1.165, 1.54) is 11.3 Å². The number of aryl methyl sites for hydroxylation is 2. The molecule has 2 N–H and O–H groups in total. The molecule has 0 fully saturated rings. The Morgan fingerprint density at radius 2 is 2.17 bits per heavy atom. The first-order chi connectivity index (χ1) is 8.69. The van der Waals surface area contributed by atoms with Gasteiger partial charge in [0.05, 0.1) is 0 Å². The molecule has 0 saturated carbocycles. The zero-order valence-corrected chi connectivity index (χ0v) is 11.0. The van der Waals surface area contributed by atoms with Crippen molar-refractivity contribution in [2.75, 3.05) is 5.73 Å². The Bertz CT molecular complexity index is 712. The average Bonchev–Trinajstić information content (AvgIpc) is 2.92. The highest BCUT2D eigenvalue weighted by molar-refractivity contribution is 7.19. The summed E-state index contributed by atoms with van der Waals surface area (Å²) in [5.74, 6) is 0.889. The molecule has 0 aliphatic rings. The molecular formula is C12H13N5S. The Kier molecular flexibility index (Phi) is 2.52. The molecule has 5 nitrogen and oxygen atoms in total. The van der Waals surface area contributed by atoms with Gasteiger partial charge >= 0.3 is 0 Å². The summed E-state index contributed by atoms with van der Waals surface area (Å²) in [4.78, 5) is 0.830. The zero-order chi connectivity index (χ0) is 12.7. The summed E-state index contributed by atoms with van der Waals surface area (Å²) >= 11 is 1.54. The highest BCUT2D eigenvalue weighted by Gasteiger charge is 2.12. The first kappa shape index (κ1) is 11.2. The third kappa shape index (κ3) is 1.65. The number of hydrogen-bond acceptors (Lipinski definition) is 5. The van der Waals surface area contributed by atoms with E-state index >= 15 is 0 Å². The molecule has 92 valence electrons. The summed E-state index contributed by atoms with van der Waals surface area (Å²) in [6.45, 7) is 4.04. The Labute approximate surface area is 108 Å². The summed E-state index contributed by atoms with van der Waals surface area (Å²) in [5, 5.41) is 13.7. The van der Waals surface area contributed by atoms with Crippen LogP contribution >= 0.6 is 11.3 Å². The average molecular weight is 259 g/mol. The first-order valence-corrected chi connectivity index (χ1v) is 6.58. The number of nitrogens with zero attached hydrogens (tertiary/aromatic N) is 4. The number of fused-ring (bicyclic) bond motifs is 1. The third-order valence-corrected chi connectivity index (χ3v) is 3.84. The van der Waals surface area contributed by atoms with Crippen molar-refractivity contribution in [1.29, 1.82) is 0 Å². The van der Waals surface area contributed by atoms with E-state index in [9.17, 15) is 0 Å². The van der Waals surface area contributed by atoms with Crippen LogP contribution in [-0.4, -0.2) is 19.8 Å². The van der Waals surface area contributed by atoms with Crippen LogP contribution < -0.4 is 5.73 Å². The predicted molar refractivity (Wildman–Crippen MR) is 72.6 cm³/mol. The van der Waals surface area contributed by atoms with Gasteiger partial charge in [0.2, 0.25) is 4.96 Å². The van der Waals surface area contributed by atoms with E-state index in [4.69, 9.17) is 5.73 Å². The van der Waals surface area contributed by atoms with Crippen molar-refractivity contribution in [3.05, 3.63) is 29.6 Å². The molecule has 0 amide bonds. The van der Waals surface area contributed by atoms with Gasteiger partial charge in [-0.1, -0.05) is 18.3 Å². The second kappa shape index (κ2) is 4.06. The van der Waals surface area contributed by atoms with Gasteiger partial charge in [0, 0.05) is 17.7 Å². The molecule has 0 unspecified atom stereocenters. The Hall–Kier alpha value is -1.95. The molecule has 0 aliphatic heterocycles. The lowest BCUT2D eigenvalue weighted by Crippen LogP contribution is -1.94. The van der Waals surface area contributed by atoms with Crippen LogP contribution in [0, 0.1) is 6.92 Å². The SMILES string of the molecule is CCc1nnc2sc(-c3ccc(N)c(C)c3)nn12. The number of rotatable bonds is 2. The van der Waals surface area contributed by atoms with E-state index in [1.54, 1.807) is 0 Å². The maximum Gasteiger partial charge on any atom is 0.234 e. The van der Waals surface area contributed by atoms with E-state index in [2.05, 4.69) is 15.3 Å². The van der Waals surface area contributed by atoms with Gasteiger partial charge in [0.15, 0.2) is 5.82 Å². The minimum absolute atomic E-state index is 0.802. The van der Waals surface area contributed by atoms with Gasteiger partial charge in [-0.3, -0.25) is 0 Å². The largest absolute Gasteiger partial charge is 0.399 e. The first-order valence-electron chi connectivity index (χ1n) is 5.76. The Balaban J connectivity index is 2.13. The van der Waals surface area contributed by atoms with Crippen molar-refractivity contribution in [3.8, 4) is 10.6 Å². The lowest BCUT2D eigenvalue weighted by Gasteiger charge is -2.01. The van der Waals surface area contributed by atoms with Crippen molar-refractivity contribution in [3.63, 3.8) is 0 Å². The lowest BCUT2D eigenvalue weighted by atomic mass is 10.1. The maximum absolute atomic E-state index is 5.82. The van der Waals surface area contributed by atoms with E-state index < -0.39 is 0 Å². The molecular weight excluding hydrogens is 246 g/mol. The summed E-state index contributed by atoms with van der Waals surface area (Å²) in [6.07, 6.45) is 0.825.